The highest BCUT2D eigenvalue weighted by atomic mass is 35.5. The number of aliphatic hydroxyl groups is 1. The minimum absolute atomic E-state index is 0.268. The van der Waals surface area contributed by atoms with Gasteiger partial charge in [0.05, 0.1) is 0 Å². The molecule has 15 heavy (non-hydrogen) atoms. The summed E-state index contributed by atoms with van der Waals surface area (Å²) in [5.74, 6) is 0.516. The second-order valence-corrected chi connectivity index (χ2v) is 4.31. The highest BCUT2D eigenvalue weighted by Crippen LogP contribution is 2.09. The first kappa shape index (κ1) is 12.5. The molecule has 0 bridgehead atoms. The molecule has 0 aliphatic heterocycles. The topological polar surface area (TPSA) is 32.3 Å². The first-order chi connectivity index (χ1) is 7.22. The zero-order valence-corrected chi connectivity index (χ0v) is 9.80. The molecule has 0 fully saturated rings. The molecule has 84 valence electrons. The summed E-state index contributed by atoms with van der Waals surface area (Å²) in [6.07, 6.45) is 0.855. The normalized spacial score (nSPS) is 12.7. The molecule has 0 amide bonds. The van der Waals surface area contributed by atoms with Gasteiger partial charge in [0.15, 0.2) is 0 Å². The van der Waals surface area contributed by atoms with E-state index in [2.05, 4.69) is 12.2 Å². The van der Waals surface area contributed by atoms with Crippen LogP contribution < -0.4 is 5.32 Å². The van der Waals surface area contributed by atoms with Crippen LogP contribution in [0.2, 0.25) is 5.02 Å². The van der Waals surface area contributed by atoms with Crippen molar-refractivity contribution in [3.05, 3.63) is 34.9 Å². The van der Waals surface area contributed by atoms with Crippen LogP contribution in [0.3, 0.4) is 0 Å². The van der Waals surface area contributed by atoms with E-state index in [4.69, 9.17) is 16.7 Å². The van der Waals surface area contributed by atoms with Gasteiger partial charge in [-0.05, 0) is 36.6 Å². The van der Waals surface area contributed by atoms with Crippen LogP contribution in [-0.2, 0) is 6.54 Å². The number of halogens is 1. The second-order valence-electron chi connectivity index (χ2n) is 3.87. The number of nitrogens with one attached hydrogen (secondary N) is 1. The van der Waals surface area contributed by atoms with Gasteiger partial charge in [-0.15, -0.1) is 0 Å². The number of rotatable bonds is 6. The summed E-state index contributed by atoms with van der Waals surface area (Å²) in [5.41, 5.74) is 1.23. The highest BCUT2D eigenvalue weighted by molar-refractivity contribution is 6.30. The summed E-state index contributed by atoms with van der Waals surface area (Å²) < 4.78 is 0. The van der Waals surface area contributed by atoms with Crippen molar-refractivity contribution < 1.29 is 5.11 Å². The lowest BCUT2D eigenvalue weighted by Crippen LogP contribution is -2.21. The van der Waals surface area contributed by atoms with Gasteiger partial charge in [0.2, 0.25) is 0 Å². The molecule has 1 aromatic carbocycles. The van der Waals surface area contributed by atoms with Gasteiger partial charge in [-0.1, -0.05) is 30.7 Å². The van der Waals surface area contributed by atoms with E-state index in [-0.39, 0.29) is 6.61 Å². The fourth-order valence-corrected chi connectivity index (χ4v) is 1.51. The number of aliphatic hydroxyl groups excluding tert-OH is 1. The number of hydrogen-bond acceptors (Lipinski definition) is 2. The van der Waals surface area contributed by atoms with Gasteiger partial charge in [0.1, 0.15) is 0 Å². The SMILES string of the molecule is CC(CCO)CNCc1ccc(Cl)cc1. The lowest BCUT2D eigenvalue weighted by atomic mass is 10.1. The van der Waals surface area contributed by atoms with Crippen molar-refractivity contribution in [1.82, 2.24) is 5.32 Å². The van der Waals surface area contributed by atoms with E-state index in [9.17, 15) is 0 Å². The molecule has 1 unspecified atom stereocenters. The molecule has 3 heteroatoms. The molecule has 0 radical (unpaired) electrons. The van der Waals surface area contributed by atoms with Crippen LogP contribution in [0.4, 0.5) is 0 Å². The average Bonchev–Trinajstić information content (AvgIpc) is 2.21. The van der Waals surface area contributed by atoms with Crippen molar-refractivity contribution in [3.8, 4) is 0 Å². The molecule has 0 saturated carbocycles. The summed E-state index contributed by atoms with van der Waals surface area (Å²) in [7, 11) is 0. The van der Waals surface area contributed by atoms with E-state index in [0.717, 1.165) is 24.5 Å². The molecule has 0 heterocycles. The van der Waals surface area contributed by atoms with Crippen LogP contribution >= 0.6 is 11.6 Å². The van der Waals surface area contributed by atoms with Crippen LogP contribution in [0.25, 0.3) is 0 Å². The third-order valence-electron chi connectivity index (χ3n) is 2.36. The Labute approximate surface area is 96.3 Å². The molecule has 0 aliphatic rings. The van der Waals surface area contributed by atoms with Crippen LogP contribution in [0.1, 0.15) is 18.9 Å². The summed E-state index contributed by atoms with van der Waals surface area (Å²) >= 11 is 5.79. The van der Waals surface area contributed by atoms with E-state index in [1.165, 1.54) is 5.56 Å². The molecular formula is C12H18ClNO. The molecule has 0 aromatic heterocycles. The van der Waals surface area contributed by atoms with Crippen molar-refractivity contribution in [1.29, 1.82) is 0 Å². The Bertz CT molecular complexity index is 273. The van der Waals surface area contributed by atoms with Crippen LogP contribution in [0.15, 0.2) is 24.3 Å². The second kappa shape index (κ2) is 6.83. The average molecular weight is 228 g/mol. The van der Waals surface area contributed by atoms with Gasteiger partial charge < -0.3 is 10.4 Å². The van der Waals surface area contributed by atoms with E-state index in [1.807, 2.05) is 24.3 Å². The van der Waals surface area contributed by atoms with Crippen LogP contribution in [0, 0.1) is 5.92 Å². The predicted molar refractivity (Wildman–Crippen MR) is 64.0 cm³/mol. The Balaban J connectivity index is 2.22. The fraction of sp³-hybridized carbons (Fsp3) is 0.500. The van der Waals surface area contributed by atoms with Crippen LogP contribution in [0.5, 0.6) is 0 Å². The van der Waals surface area contributed by atoms with E-state index in [1.54, 1.807) is 0 Å². The highest BCUT2D eigenvalue weighted by Gasteiger charge is 2.00. The maximum absolute atomic E-state index is 8.74. The fourth-order valence-electron chi connectivity index (χ4n) is 1.39. The van der Waals surface area contributed by atoms with Gasteiger partial charge >= 0.3 is 0 Å². The van der Waals surface area contributed by atoms with Crippen molar-refractivity contribution in [2.24, 2.45) is 5.92 Å². The van der Waals surface area contributed by atoms with Gasteiger partial charge in [0.25, 0.3) is 0 Å². The molecular weight excluding hydrogens is 210 g/mol. The molecule has 1 atom stereocenters. The Morgan fingerprint density at radius 1 is 1.33 bits per heavy atom. The van der Waals surface area contributed by atoms with Gasteiger partial charge in [-0.25, -0.2) is 0 Å². The van der Waals surface area contributed by atoms with E-state index >= 15 is 0 Å². The lowest BCUT2D eigenvalue weighted by molar-refractivity contribution is 0.260. The van der Waals surface area contributed by atoms with E-state index < -0.39 is 0 Å². The third-order valence-corrected chi connectivity index (χ3v) is 2.61. The lowest BCUT2D eigenvalue weighted by Gasteiger charge is -2.10. The zero-order chi connectivity index (χ0) is 11.1. The number of hydrogen-bond donors (Lipinski definition) is 2. The third kappa shape index (κ3) is 5.17. The van der Waals surface area contributed by atoms with Gasteiger partial charge in [-0.2, -0.15) is 0 Å². The predicted octanol–water partition coefficient (Wildman–Crippen LogP) is 2.45. The zero-order valence-electron chi connectivity index (χ0n) is 9.04. The standard InChI is InChI=1S/C12H18ClNO/c1-10(6-7-15)8-14-9-11-2-4-12(13)5-3-11/h2-5,10,14-15H,6-9H2,1H3. The first-order valence-corrected chi connectivity index (χ1v) is 5.66. The summed E-state index contributed by atoms with van der Waals surface area (Å²) in [4.78, 5) is 0. The Morgan fingerprint density at radius 2 is 2.00 bits per heavy atom. The van der Waals surface area contributed by atoms with Crippen molar-refractivity contribution in [2.45, 2.75) is 19.9 Å². The Kier molecular flexibility index (Phi) is 5.69. The minimum atomic E-state index is 0.268. The summed E-state index contributed by atoms with van der Waals surface area (Å²) in [5, 5.41) is 12.9. The molecule has 1 aromatic rings. The monoisotopic (exact) mass is 227 g/mol. The Hall–Kier alpha value is -0.570. The number of benzene rings is 1. The van der Waals surface area contributed by atoms with Crippen LogP contribution in [-0.4, -0.2) is 18.3 Å². The van der Waals surface area contributed by atoms with Gasteiger partial charge in [-0.3, -0.25) is 0 Å². The molecule has 2 nitrogen and oxygen atoms in total. The largest absolute Gasteiger partial charge is 0.396 e. The van der Waals surface area contributed by atoms with Crippen molar-refractivity contribution in [3.63, 3.8) is 0 Å². The Morgan fingerprint density at radius 3 is 2.60 bits per heavy atom. The van der Waals surface area contributed by atoms with Gasteiger partial charge in [0, 0.05) is 18.2 Å². The summed E-state index contributed by atoms with van der Waals surface area (Å²) in [6, 6.07) is 7.84. The first-order valence-electron chi connectivity index (χ1n) is 5.28. The maximum Gasteiger partial charge on any atom is 0.0434 e. The smallest absolute Gasteiger partial charge is 0.0434 e. The van der Waals surface area contributed by atoms with Crippen molar-refractivity contribution >= 4 is 11.6 Å². The molecule has 0 aliphatic carbocycles. The molecule has 0 spiro atoms. The maximum atomic E-state index is 8.74. The molecule has 2 N–H and O–H groups in total. The molecule has 1 rings (SSSR count). The minimum Gasteiger partial charge on any atom is -0.396 e. The molecule has 0 saturated heterocycles. The van der Waals surface area contributed by atoms with E-state index in [0.29, 0.717) is 5.92 Å². The quantitative estimate of drug-likeness (QED) is 0.783. The van der Waals surface area contributed by atoms with Crippen molar-refractivity contribution in [2.75, 3.05) is 13.2 Å². The summed E-state index contributed by atoms with van der Waals surface area (Å²) in [6.45, 7) is 4.19.